The molecule has 1 aliphatic heterocycles. The predicted octanol–water partition coefficient (Wildman–Crippen LogP) is 6.88. The third kappa shape index (κ3) is 6.81. The Hall–Kier alpha value is -2.93. The standard InChI is InChI=1S/C32H44F2N2O3/c1-9-24(27(35)14-22(5)30(37)39-8)28-16-31(18-32(33,34)19-31)12-13-36(28)17-26-25(11-10-20(2)3)23(6)21(4)15-29(26)38-7/h9-11,14-15,20,28H,5,12-13,16-19,35H2,1-4,6-8H3/b11-10-,24-9+,27-14+. The Balaban J connectivity index is 2.07. The van der Waals surface area contributed by atoms with Crippen LogP contribution in [0.15, 0.2) is 47.7 Å². The molecule has 5 nitrogen and oxygen atoms in total. The Labute approximate surface area is 232 Å². The Bertz CT molecular complexity index is 1190. The molecule has 1 spiro atoms. The first-order valence-electron chi connectivity index (χ1n) is 13.6. The molecule has 1 atom stereocenters. The monoisotopic (exact) mass is 542 g/mol. The van der Waals surface area contributed by atoms with E-state index >= 15 is 0 Å². The Morgan fingerprint density at radius 1 is 1.28 bits per heavy atom. The largest absolute Gasteiger partial charge is 0.496 e. The summed E-state index contributed by atoms with van der Waals surface area (Å²) in [4.78, 5) is 14.3. The van der Waals surface area contributed by atoms with E-state index in [1.54, 1.807) is 7.11 Å². The molecule has 2 N–H and O–H groups in total. The highest BCUT2D eigenvalue weighted by atomic mass is 19.3. The molecule has 0 aromatic heterocycles. The molecule has 39 heavy (non-hydrogen) atoms. The number of aryl methyl sites for hydroxylation is 1. The lowest BCUT2D eigenvalue weighted by Crippen LogP contribution is -2.56. The highest BCUT2D eigenvalue weighted by Crippen LogP contribution is 2.59. The van der Waals surface area contributed by atoms with Crippen LogP contribution in [-0.4, -0.2) is 43.6 Å². The second-order valence-corrected chi connectivity index (χ2v) is 11.5. The van der Waals surface area contributed by atoms with Crippen molar-refractivity contribution < 1.29 is 23.0 Å². The van der Waals surface area contributed by atoms with Gasteiger partial charge in [-0.05, 0) is 85.9 Å². The number of allylic oxidation sites excluding steroid dienone is 2. The molecule has 214 valence electrons. The zero-order valence-corrected chi connectivity index (χ0v) is 24.5. The summed E-state index contributed by atoms with van der Waals surface area (Å²) in [6.07, 6.45) is 8.84. The van der Waals surface area contributed by atoms with Crippen molar-refractivity contribution in [3.05, 3.63) is 70.0 Å². The van der Waals surface area contributed by atoms with E-state index in [-0.39, 0.29) is 24.5 Å². The molecule has 7 heteroatoms. The van der Waals surface area contributed by atoms with Gasteiger partial charge in [0.1, 0.15) is 5.75 Å². The minimum Gasteiger partial charge on any atom is -0.496 e. The van der Waals surface area contributed by atoms with Crippen molar-refractivity contribution in [2.24, 2.45) is 17.1 Å². The Morgan fingerprint density at radius 3 is 2.49 bits per heavy atom. The highest BCUT2D eigenvalue weighted by molar-refractivity contribution is 5.91. The molecule has 1 unspecified atom stereocenters. The number of halogens is 2. The average molecular weight is 543 g/mol. The second-order valence-electron chi connectivity index (χ2n) is 11.5. The number of likely N-dealkylation sites (tertiary alicyclic amines) is 1. The third-order valence-corrected chi connectivity index (χ3v) is 8.24. The smallest absolute Gasteiger partial charge is 0.337 e. The number of hydrogen-bond acceptors (Lipinski definition) is 5. The van der Waals surface area contributed by atoms with Gasteiger partial charge < -0.3 is 15.2 Å². The van der Waals surface area contributed by atoms with Crippen LogP contribution in [0.2, 0.25) is 0 Å². The quantitative estimate of drug-likeness (QED) is 0.209. The summed E-state index contributed by atoms with van der Waals surface area (Å²) in [6, 6.07) is 1.85. The SMILES string of the molecule is C=C(/C=C(N)\C(=C/C)C1CC2(CCN1Cc1c(OC)cc(C)c(C)c1/C=C\C(C)C)CC(F)(F)C2)C(=O)OC. The van der Waals surface area contributed by atoms with Gasteiger partial charge in [0.05, 0.1) is 19.8 Å². The zero-order valence-electron chi connectivity index (χ0n) is 24.5. The first-order chi connectivity index (χ1) is 18.3. The first kappa shape index (κ1) is 30.6. The van der Waals surface area contributed by atoms with Crippen molar-refractivity contribution in [3.63, 3.8) is 0 Å². The number of alkyl halides is 2. The van der Waals surface area contributed by atoms with Crippen LogP contribution < -0.4 is 10.5 Å². The number of nitrogens with two attached hydrogens (primary N) is 1. The number of benzene rings is 1. The van der Waals surface area contributed by atoms with Crippen LogP contribution >= 0.6 is 0 Å². The van der Waals surface area contributed by atoms with Gasteiger partial charge in [-0.3, -0.25) is 4.90 Å². The van der Waals surface area contributed by atoms with Crippen molar-refractivity contribution in [2.45, 2.75) is 78.8 Å². The van der Waals surface area contributed by atoms with E-state index in [4.69, 9.17) is 15.2 Å². The third-order valence-electron chi connectivity index (χ3n) is 8.24. The van der Waals surface area contributed by atoms with Crippen LogP contribution in [0, 0.1) is 25.2 Å². The van der Waals surface area contributed by atoms with Gasteiger partial charge in [0.15, 0.2) is 0 Å². The van der Waals surface area contributed by atoms with Gasteiger partial charge in [-0.1, -0.05) is 38.7 Å². The lowest BCUT2D eigenvalue weighted by atomic mass is 9.58. The van der Waals surface area contributed by atoms with Gasteiger partial charge in [-0.25, -0.2) is 13.6 Å². The molecule has 0 bridgehead atoms. The zero-order chi connectivity index (χ0) is 29.1. The minimum atomic E-state index is -2.62. The highest BCUT2D eigenvalue weighted by Gasteiger charge is 2.58. The van der Waals surface area contributed by atoms with Gasteiger partial charge in [-0.15, -0.1) is 0 Å². The molecule has 0 amide bonds. The molecule has 1 saturated heterocycles. The molecule has 1 heterocycles. The van der Waals surface area contributed by atoms with E-state index in [1.807, 2.05) is 13.0 Å². The van der Waals surface area contributed by atoms with Crippen molar-refractivity contribution >= 4 is 12.0 Å². The number of hydrogen-bond donors (Lipinski definition) is 1. The number of esters is 1. The van der Waals surface area contributed by atoms with E-state index in [2.05, 4.69) is 57.4 Å². The summed E-state index contributed by atoms with van der Waals surface area (Å²) < 4.78 is 38.9. The maximum Gasteiger partial charge on any atom is 0.337 e. The Kier molecular flexibility index (Phi) is 9.47. The molecule has 2 fully saturated rings. The summed E-state index contributed by atoms with van der Waals surface area (Å²) in [5, 5.41) is 0. The fourth-order valence-electron chi connectivity index (χ4n) is 6.08. The molecule has 3 rings (SSSR count). The average Bonchev–Trinajstić information content (AvgIpc) is 2.85. The van der Waals surface area contributed by atoms with Gasteiger partial charge in [0.25, 0.3) is 0 Å². The number of methoxy groups -OCH3 is 2. The van der Waals surface area contributed by atoms with Crippen LogP contribution in [0.4, 0.5) is 8.78 Å². The van der Waals surface area contributed by atoms with Crippen LogP contribution in [-0.2, 0) is 16.1 Å². The van der Waals surface area contributed by atoms with Crippen molar-refractivity contribution in [2.75, 3.05) is 20.8 Å². The molecule has 1 aromatic carbocycles. The summed E-state index contributed by atoms with van der Waals surface area (Å²) in [6.45, 7) is 15.4. The maximum atomic E-state index is 14.1. The van der Waals surface area contributed by atoms with Crippen molar-refractivity contribution in [3.8, 4) is 5.75 Å². The minimum absolute atomic E-state index is 0.102. The normalized spacial score (nSPS) is 21.3. The summed E-state index contributed by atoms with van der Waals surface area (Å²) in [5.41, 5.74) is 12.0. The summed E-state index contributed by atoms with van der Waals surface area (Å²) >= 11 is 0. The molecule has 1 aromatic rings. The predicted molar refractivity (Wildman–Crippen MR) is 154 cm³/mol. The lowest BCUT2D eigenvalue weighted by Gasteiger charge is -2.55. The van der Waals surface area contributed by atoms with E-state index in [0.717, 1.165) is 28.0 Å². The lowest BCUT2D eigenvalue weighted by molar-refractivity contribution is -0.183. The fraction of sp³-hybridized carbons (Fsp3) is 0.531. The number of carbonyl (C=O) groups excluding carboxylic acids is 1. The Morgan fingerprint density at radius 2 is 1.95 bits per heavy atom. The second kappa shape index (κ2) is 12.1. The maximum absolute atomic E-state index is 14.1. The number of carbonyl (C=O) groups is 1. The van der Waals surface area contributed by atoms with Gasteiger partial charge >= 0.3 is 5.97 Å². The molecular weight excluding hydrogens is 498 g/mol. The summed E-state index contributed by atoms with van der Waals surface area (Å²) in [5.74, 6) is -1.99. The van der Waals surface area contributed by atoms with Crippen molar-refractivity contribution in [1.82, 2.24) is 4.90 Å². The first-order valence-corrected chi connectivity index (χ1v) is 13.6. The van der Waals surface area contributed by atoms with E-state index in [9.17, 15) is 13.6 Å². The number of piperidine rings is 1. The van der Waals surface area contributed by atoms with Gasteiger partial charge in [0.2, 0.25) is 5.92 Å². The number of nitrogens with zero attached hydrogens (tertiary/aromatic N) is 1. The van der Waals surface area contributed by atoms with E-state index in [1.165, 1.54) is 18.7 Å². The number of rotatable bonds is 9. The molecule has 1 saturated carbocycles. The molecule has 1 aliphatic carbocycles. The van der Waals surface area contributed by atoms with Gasteiger partial charge in [-0.2, -0.15) is 0 Å². The topological polar surface area (TPSA) is 64.8 Å². The molecule has 0 radical (unpaired) electrons. The van der Waals surface area contributed by atoms with Crippen molar-refractivity contribution in [1.29, 1.82) is 0 Å². The van der Waals surface area contributed by atoms with Crippen LogP contribution in [0.1, 0.15) is 68.7 Å². The molecular formula is C32H44F2N2O3. The van der Waals surface area contributed by atoms with Gasteiger partial charge in [0, 0.05) is 36.7 Å². The van der Waals surface area contributed by atoms with E-state index in [0.29, 0.717) is 37.5 Å². The number of ether oxygens (including phenoxy) is 2. The van der Waals surface area contributed by atoms with Crippen LogP contribution in [0.3, 0.4) is 0 Å². The van der Waals surface area contributed by atoms with Crippen LogP contribution in [0.25, 0.3) is 6.08 Å². The van der Waals surface area contributed by atoms with Crippen LogP contribution in [0.5, 0.6) is 5.75 Å². The fourth-order valence-corrected chi connectivity index (χ4v) is 6.08. The van der Waals surface area contributed by atoms with E-state index < -0.39 is 17.3 Å². The molecule has 2 aliphatic rings. The summed E-state index contributed by atoms with van der Waals surface area (Å²) in [7, 11) is 2.97.